The molecule has 2 N–H and O–H groups in total. The van der Waals surface area contributed by atoms with Crippen LogP contribution < -0.4 is 11.3 Å². The molecule has 96 valence electrons. The van der Waals surface area contributed by atoms with E-state index in [4.69, 9.17) is 5.73 Å². The van der Waals surface area contributed by atoms with Crippen LogP contribution >= 0.6 is 0 Å². The van der Waals surface area contributed by atoms with Gasteiger partial charge in [0.1, 0.15) is 5.69 Å². The quantitative estimate of drug-likeness (QED) is 0.900. The van der Waals surface area contributed by atoms with Crippen LogP contribution in [-0.4, -0.2) is 9.36 Å². The number of aromatic nitrogens is 2. The summed E-state index contributed by atoms with van der Waals surface area (Å²) >= 11 is 0. The third-order valence-corrected chi connectivity index (χ3v) is 3.20. The van der Waals surface area contributed by atoms with Crippen molar-refractivity contribution in [2.75, 3.05) is 5.73 Å². The van der Waals surface area contributed by atoms with Crippen LogP contribution in [0.5, 0.6) is 0 Å². The number of anilines is 1. The molecule has 0 unspecified atom stereocenters. The van der Waals surface area contributed by atoms with Gasteiger partial charge in [0, 0.05) is 6.54 Å². The fourth-order valence-electron chi connectivity index (χ4n) is 2.25. The van der Waals surface area contributed by atoms with Crippen LogP contribution in [0.4, 0.5) is 5.69 Å². The molecule has 2 rings (SSSR count). The Hall–Kier alpha value is -1.97. The molecule has 1 aromatic carbocycles. The number of hydrogen-bond donors (Lipinski definition) is 1. The smallest absolute Gasteiger partial charge is 0.294 e. The Morgan fingerprint density at radius 1 is 1.17 bits per heavy atom. The van der Waals surface area contributed by atoms with Crippen molar-refractivity contribution < 1.29 is 0 Å². The SMILES string of the molecule is CCc1c(N)c(=O)n(-c2ccc(C)cc2)n1CC. The fraction of sp³-hybridized carbons (Fsp3) is 0.357. The molecular weight excluding hydrogens is 226 g/mol. The second-order valence-electron chi connectivity index (χ2n) is 4.38. The van der Waals surface area contributed by atoms with Crippen molar-refractivity contribution in [2.24, 2.45) is 0 Å². The first-order valence-corrected chi connectivity index (χ1v) is 6.27. The van der Waals surface area contributed by atoms with Crippen LogP contribution in [0.25, 0.3) is 5.69 Å². The predicted molar refractivity (Wildman–Crippen MR) is 74.2 cm³/mol. The molecule has 0 amide bonds. The van der Waals surface area contributed by atoms with Gasteiger partial charge in [0.15, 0.2) is 0 Å². The molecule has 2 aromatic rings. The van der Waals surface area contributed by atoms with E-state index in [-0.39, 0.29) is 5.56 Å². The Bertz CT molecular complexity index is 605. The highest BCUT2D eigenvalue weighted by molar-refractivity contribution is 5.46. The number of nitrogens with zero attached hydrogens (tertiary/aromatic N) is 2. The molecule has 0 bridgehead atoms. The first-order chi connectivity index (χ1) is 8.60. The topological polar surface area (TPSA) is 53.0 Å². The van der Waals surface area contributed by atoms with E-state index in [2.05, 4.69) is 0 Å². The van der Waals surface area contributed by atoms with Gasteiger partial charge < -0.3 is 5.73 Å². The second-order valence-corrected chi connectivity index (χ2v) is 4.38. The molecule has 0 aliphatic rings. The Morgan fingerprint density at radius 2 is 1.78 bits per heavy atom. The van der Waals surface area contributed by atoms with Crippen molar-refractivity contribution in [3.8, 4) is 5.69 Å². The van der Waals surface area contributed by atoms with E-state index in [1.165, 1.54) is 5.56 Å². The zero-order valence-corrected chi connectivity index (χ0v) is 11.1. The molecule has 0 aliphatic heterocycles. The third-order valence-electron chi connectivity index (χ3n) is 3.20. The summed E-state index contributed by atoms with van der Waals surface area (Å²) < 4.78 is 3.61. The number of benzene rings is 1. The van der Waals surface area contributed by atoms with Crippen molar-refractivity contribution in [1.29, 1.82) is 0 Å². The van der Waals surface area contributed by atoms with Crippen molar-refractivity contribution in [3.63, 3.8) is 0 Å². The van der Waals surface area contributed by atoms with Gasteiger partial charge in [-0.15, -0.1) is 0 Å². The number of nitrogens with two attached hydrogens (primary N) is 1. The molecule has 0 radical (unpaired) electrons. The lowest BCUT2D eigenvalue weighted by Crippen LogP contribution is -2.22. The second kappa shape index (κ2) is 4.72. The zero-order chi connectivity index (χ0) is 13.3. The first-order valence-electron chi connectivity index (χ1n) is 6.27. The summed E-state index contributed by atoms with van der Waals surface area (Å²) in [6.07, 6.45) is 0.758. The average molecular weight is 245 g/mol. The maximum Gasteiger partial charge on any atom is 0.294 e. The lowest BCUT2D eigenvalue weighted by molar-refractivity contribution is 0.551. The number of rotatable bonds is 3. The molecule has 1 heterocycles. The standard InChI is InChI=1S/C14H19N3O/c1-4-12-13(15)14(18)17(16(12)5-2)11-8-6-10(3)7-9-11/h6-9H,4-5,15H2,1-3H3. The van der Waals surface area contributed by atoms with Crippen LogP contribution in [0, 0.1) is 6.92 Å². The van der Waals surface area contributed by atoms with E-state index >= 15 is 0 Å². The summed E-state index contributed by atoms with van der Waals surface area (Å²) in [7, 11) is 0. The van der Waals surface area contributed by atoms with E-state index in [0.717, 1.165) is 24.3 Å². The minimum atomic E-state index is -0.127. The molecule has 0 saturated heterocycles. The van der Waals surface area contributed by atoms with E-state index < -0.39 is 0 Å². The van der Waals surface area contributed by atoms with Crippen LogP contribution in [0.1, 0.15) is 25.1 Å². The Kier molecular flexibility index (Phi) is 3.28. The Morgan fingerprint density at radius 3 is 2.28 bits per heavy atom. The van der Waals surface area contributed by atoms with Gasteiger partial charge in [-0.25, -0.2) is 4.68 Å². The molecular formula is C14H19N3O. The summed E-state index contributed by atoms with van der Waals surface area (Å²) in [5.74, 6) is 0. The minimum Gasteiger partial charge on any atom is -0.393 e. The molecule has 0 spiro atoms. The van der Waals surface area contributed by atoms with Gasteiger partial charge in [-0.05, 0) is 32.4 Å². The lowest BCUT2D eigenvalue weighted by Gasteiger charge is -2.12. The normalized spacial score (nSPS) is 10.8. The van der Waals surface area contributed by atoms with Crippen molar-refractivity contribution in [1.82, 2.24) is 9.36 Å². The highest BCUT2D eigenvalue weighted by Crippen LogP contribution is 2.14. The molecule has 0 atom stereocenters. The van der Waals surface area contributed by atoms with Crippen molar-refractivity contribution in [3.05, 3.63) is 45.9 Å². The lowest BCUT2D eigenvalue weighted by atomic mass is 10.2. The average Bonchev–Trinajstić information content (AvgIpc) is 2.62. The summed E-state index contributed by atoms with van der Waals surface area (Å²) in [4.78, 5) is 12.2. The largest absolute Gasteiger partial charge is 0.393 e. The fourth-order valence-corrected chi connectivity index (χ4v) is 2.25. The van der Waals surface area contributed by atoms with E-state index in [9.17, 15) is 4.79 Å². The number of nitrogen functional groups attached to an aromatic ring is 1. The maximum atomic E-state index is 12.2. The molecule has 0 saturated carbocycles. The third kappa shape index (κ3) is 1.83. The minimum absolute atomic E-state index is 0.127. The van der Waals surface area contributed by atoms with E-state index in [1.807, 2.05) is 49.7 Å². The molecule has 0 fully saturated rings. The Labute approximate surface area is 107 Å². The van der Waals surface area contributed by atoms with E-state index in [1.54, 1.807) is 4.68 Å². The summed E-state index contributed by atoms with van der Waals surface area (Å²) in [5, 5.41) is 0. The van der Waals surface area contributed by atoms with Crippen LogP contribution in [-0.2, 0) is 13.0 Å². The van der Waals surface area contributed by atoms with E-state index in [0.29, 0.717) is 5.69 Å². The molecule has 1 aromatic heterocycles. The highest BCUT2D eigenvalue weighted by Gasteiger charge is 2.16. The van der Waals surface area contributed by atoms with Gasteiger partial charge in [0.2, 0.25) is 0 Å². The van der Waals surface area contributed by atoms with Gasteiger partial charge in [0.25, 0.3) is 5.56 Å². The van der Waals surface area contributed by atoms with Gasteiger partial charge in [-0.3, -0.25) is 9.48 Å². The van der Waals surface area contributed by atoms with Gasteiger partial charge >= 0.3 is 0 Å². The van der Waals surface area contributed by atoms with Crippen LogP contribution in [0.15, 0.2) is 29.1 Å². The summed E-state index contributed by atoms with van der Waals surface area (Å²) in [6, 6.07) is 7.89. The monoisotopic (exact) mass is 245 g/mol. The predicted octanol–water partition coefficient (Wildman–Crippen LogP) is 2.11. The summed E-state index contributed by atoms with van der Waals surface area (Å²) in [6.45, 7) is 6.78. The van der Waals surface area contributed by atoms with Crippen molar-refractivity contribution >= 4 is 5.69 Å². The number of aryl methyl sites for hydroxylation is 1. The highest BCUT2D eigenvalue weighted by atomic mass is 16.1. The zero-order valence-electron chi connectivity index (χ0n) is 11.1. The molecule has 0 aliphatic carbocycles. The summed E-state index contributed by atoms with van der Waals surface area (Å²) in [5.41, 5.74) is 9.07. The Balaban J connectivity index is 2.71. The van der Waals surface area contributed by atoms with Gasteiger partial charge in [0.05, 0.1) is 11.4 Å². The first kappa shape index (κ1) is 12.5. The van der Waals surface area contributed by atoms with Crippen molar-refractivity contribution in [2.45, 2.75) is 33.7 Å². The molecule has 4 heteroatoms. The molecule has 4 nitrogen and oxygen atoms in total. The van der Waals surface area contributed by atoms with Gasteiger partial charge in [-0.1, -0.05) is 24.6 Å². The maximum absolute atomic E-state index is 12.2. The van der Waals surface area contributed by atoms with Gasteiger partial charge in [-0.2, -0.15) is 0 Å². The molecule has 18 heavy (non-hydrogen) atoms. The number of hydrogen-bond acceptors (Lipinski definition) is 2. The van der Waals surface area contributed by atoms with Crippen LogP contribution in [0.3, 0.4) is 0 Å². The van der Waals surface area contributed by atoms with Crippen LogP contribution in [0.2, 0.25) is 0 Å².